The molecule has 2 unspecified atom stereocenters. The molecule has 1 aliphatic heterocycles. The number of benzene rings is 1. The zero-order chi connectivity index (χ0) is 33.9. The number of rotatable bonds is 9. The van der Waals surface area contributed by atoms with Gasteiger partial charge in [0, 0.05) is 17.3 Å². The van der Waals surface area contributed by atoms with Crippen LogP contribution in [0.5, 0.6) is 0 Å². The van der Waals surface area contributed by atoms with Crippen molar-refractivity contribution in [3.05, 3.63) is 29.8 Å². The van der Waals surface area contributed by atoms with Crippen LogP contribution in [0.4, 0.5) is 35.1 Å². The Hall–Kier alpha value is -1.16. The summed E-state index contributed by atoms with van der Waals surface area (Å²) in [4.78, 5) is 1.58. The zero-order valence-corrected chi connectivity index (χ0v) is 27.0. The van der Waals surface area contributed by atoms with E-state index in [2.05, 4.69) is 49.8 Å². The summed E-state index contributed by atoms with van der Waals surface area (Å²) < 4.78 is 141. The zero-order valence-electron chi connectivity index (χ0n) is 25.4. The molecule has 0 amide bonds. The Kier molecular flexibility index (Phi) is 9.83. The summed E-state index contributed by atoms with van der Waals surface area (Å²) in [5.74, 6) is -2.48. The van der Waals surface area contributed by atoms with Crippen molar-refractivity contribution in [2.45, 2.75) is 124 Å². The normalized spacial score (nSPS) is 29.5. The molecule has 4 bridgehead atoms. The molecule has 1 aromatic rings. The van der Waals surface area contributed by atoms with Gasteiger partial charge in [0.2, 0.25) is 0 Å². The molecule has 5 fully saturated rings. The van der Waals surface area contributed by atoms with Crippen LogP contribution in [-0.4, -0.2) is 58.6 Å². The molecule has 0 radical (unpaired) electrons. The van der Waals surface area contributed by atoms with E-state index in [4.69, 9.17) is 0 Å². The molecule has 1 aromatic carbocycles. The van der Waals surface area contributed by atoms with E-state index >= 15 is 0 Å². The van der Waals surface area contributed by atoms with Crippen LogP contribution in [0.1, 0.15) is 90.5 Å². The summed E-state index contributed by atoms with van der Waals surface area (Å²) in [5.41, 5.74) is -0.273. The van der Waals surface area contributed by atoms with Crippen molar-refractivity contribution in [2.75, 3.05) is 11.5 Å². The lowest BCUT2D eigenvalue weighted by Gasteiger charge is -2.60. The molecule has 1 saturated heterocycles. The molecule has 6 rings (SSSR count). The van der Waals surface area contributed by atoms with Crippen LogP contribution in [0.25, 0.3) is 0 Å². The van der Waals surface area contributed by atoms with Crippen molar-refractivity contribution in [1.29, 1.82) is 0 Å². The van der Waals surface area contributed by atoms with Crippen LogP contribution in [0.2, 0.25) is 0 Å². The first-order valence-electron chi connectivity index (χ1n) is 15.0. The molecule has 2 atom stereocenters. The summed E-state index contributed by atoms with van der Waals surface area (Å²) in [5, 5.41) is 3.85. The average Bonchev–Trinajstić information content (AvgIpc) is 3.40. The summed E-state index contributed by atoms with van der Waals surface area (Å²) in [6, 6.07) is 9.35. The number of aliphatic hydroxyl groups is 1. The van der Waals surface area contributed by atoms with Gasteiger partial charge in [-0.15, -0.1) is 0 Å². The fraction of sp³-hybridized carbons (Fsp3) is 0.800. The average molecular weight is 697 g/mol. The van der Waals surface area contributed by atoms with E-state index in [1.54, 1.807) is 4.90 Å². The van der Waals surface area contributed by atoms with Crippen molar-refractivity contribution in [1.82, 2.24) is 0 Å². The van der Waals surface area contributed by atoms with Crippen LogP contribution in [0.15, 0.2) is 29.2 Å². The lowest BCUT2D eigenvalue weighted by molar-refractivity contribution is -0.457. The van der Waals surface area contributed by atoms with E-state index in [0.717, 1.165) is 6.42 Å². The third kappa shape index (κ3) is 7.78. The second kappa shape index (κ2) is 12.1. The summed E-state index contributed by atoms with van der Waals surface area (Å²) >= 11 is 0. The molecular formula is C30H40F8O5S2. The van der Waals surface area contributed by atoms with E-state index < -0.39 is 57.4 Å². The van der Waals surface area contributed by atoms with Crippen molar-refractivity contribution < 1.29 is 57.9 Å². The van der Waals surface area contributed by atoms with Crippen molar-refractivity contribution >= 4 is 21.0 Å². The highest BCUT2D eigenvalue weighted by molar-refractivity contribution is 7.97. The van der Waals surface area contributed by atoms with E-state index in [1.165, 1.54) is 29.9 Å². The molecule has 15 heteroatoms. The van der Waals surface area contributed by atoms with Gasteiger partial charge in [0.15, 0.2) is 15.0 Å². The highest BCUT2D eigenvalue weighted by Gasteiger charge is 2.72. The minimum absolute atomic E-state index is 0.0203. The number of ether oxygens (including phenoxy) is 1. The minimum atomic E-state index is -7.19. The highest BCUT2D eigenvalue weighted by Crippen LogP contribution is 2.64. The molecule has 4 aliphatic carbocycles. The predicted molar refractivity (Wildman–Crippen MR) is 152 cm³/mol. The van der Waals surface area contributed by atoms with Gasteiger partial charge in [-0.1, -0.05) is 32.9 Å². The van der Waals surface area contributed by atoms with E-state index in [9.17, 15) is 53.2 Å². The van der Waals surface area contributed by atoms with Crippen molar-refractivity contribution in [3.8, 4) is 0 Å². The Balaban J connectivity index is 0.000000256. The number of hydrogen-bond donors (Lipinski definition) is 1. The van der Waals surface area contributed by atoms with Gasteiger partial charge in [-0.3, -0.25) is 0 Å². The third-order valence-electron chi connectivity index (χ3n) is 9.54. The van der Waals surface area contributed by atoms with Crippen LogP contribution in [-0.2, 0) is 31.2 Å². The second-order valence-electron chi connectivity index (χ2n) is 14.4. The molecule has 1 N–H and O–H groups in total. The van der Waals surface area contributed by atoms with E-state index in [-0.39, 0.29) is 23.7 Å². The third-order valence-corrected chi connectivity index (χ3v) is 12.9. The summed E-state index contributed by atoms with van der Waals surface area (Å²) in [6.07, 6.45) is -9.79. The van der Waals surface area contributed by atoms with Gasteiger partial charge in [-0.25, -0.2) is 13.2 Å². The van der Waals surface area contributed by atoms with Gasteiger partial charge in [-0.05, 0) is 98.1 Å². The minimum Gasteiger partial charge on any atom is -0.743 e. The first kappa shape index (κ1) is 36.7. The quantitative estimate of drug-likeness (QED) is 0.162. The molecule has 5 aliphatic rings. The fourth-order valence-corrected chi connectivity index (χ4v) is 10.4. The van der Waals surface area contributed by atoms with E-state index in [0.29, 0.717) is 36.6 Å². The predicted octanol–water partition coefficient (Wildman–Crippen LogP) is 7.83. The molecule has 0 spiro atoms. The standard InChI is InChI=1S/C16H20F8O5S.C14H21S/c17-13(18,14(19,20)29-15(21,22)16(23,24)30(26,27)28)2-1-11-4-9-3-10(5-11)7-12(25,6-9)8-11;1-14(2,3)12-6-8-13(9-7-12)15-10-4-5-11-15/h9-10,25H,1-8H2,(H,26,27,28);6-9H,4-5,10-11H2,1-3H3/q;+1/p-1. The van der Waals surface area contributed by atoms with Crippen LogP contribution in [0.3, 0.4) is 0 Å². The SMILES string of the molecule is CC(C)(C)c1ccc([S+]2CCCC2)cc1.O=S(=O)([O-])C(F)(F)C(F)(F)OC(F)(F)C(F)(F)CCC12CC3CC(CC(O)(C3)C1)C2. The van der Waals surface area contributed by atoms with Gasteiger partial charge >= 0.3 is 23.4 Å². The lowest BCUT2D eigenvalue weighted by Crippen LogP contribution is -2.57. The Morgan fingerprint density at radius 3 is 1.84 bits per heavy atom. The first-order chi connectivity index (χ1) is 20.3. The first-order valence-corrected chi connectivity index (χ1v) is 17.9. The van der Waals surface area contributed by atoms with Gasteiger partial charge in [0.25, 0.3) is 0 Å². The molecule has 4 saturated carbocycles. The highest BCUT2D eigenvalue weighted by atomic mass is 32.2. The second-order valence-corrected chi connectivity index (χ2v) is 18.1. The summed E-state index contributed by atoms with van der Waals surface area (Å²) in [7, 11) is -6.62. The lowest BCUT2D eigenvalue weighted by atomic mass is 9.47. The Morgan fingerprint density at radius 1 is 0.889 bits per heavy atom. The molecular weight excluding hydrogens is 656 g/mol. The maximum Gasteiger partial charge on any atom is 0.438 e. The monoisotopic (exact) mass is 696 g/mol. The molecule has 45 heavy (non-hydrogen) atoms. The molecule has 0 aromatic heterocycles. The maximum atomic E-state index is 14.1. The number of hydrogen-bond acceptors (Lipinski definition) is 5. The van der Waals surface area contributed by atoms with Crippen molar-refractivity contribution in [3.63, 3.8) is 0 Å². The number of alkyl halides is 8. The smallest absolute Gasteiger partial charge is 0.438 e. The van der Waals surface area contributed by atoms with Gasteiger partial charge < -0.3 is 9.66 Å². The van der Waals surface area contributed by atoms with E-state index in [1.807, 2.05) is 0 Å². The Bertz CT molecular complexity index is 1290. The van der Waals surface area contributed by atoms with Crippen LogP contribution < -0.4 is 0 Å². The Labute approximate surface area is 261 Å². The van der Waals surface area contributed by atoms with Crippen LogP contribution >= 0.6 is 0 Å². The molecule has 5 nitrogen and oxygen atoms in total. The molecule has 1 heterocycles. The topological polar surface area (TPSA) is 86.7 Å². The largest absolute Gasteiger partial charge is 0.743 e. The van der Waals surface area contributed by atoms with Gasteiger partial charge in [-0.2, -0.15) is 35.1 Å². The number of halogens is 8. The van der Waals surface area contributed by atoms with Crippen molar-refractivity contribution in [2.24, 2.45) is 17.3 Å². The maximum absolute atomic E-state index is 14.1. The van der Waals surface area contributed by atoms with Crippen LogP contribution in [0, 0.1) is 17.3 Å². The molecule has 258 valence electrons. The Morgan fingerprint density at radius 2 is 1.40 bits per heavy atom. The summed E-state index contributed by atoms with van der Waals surface area (Å²) in [6.45, 7) is 6.83. The fourth-order valence-electron chi connectivity index (χ4n) is 7.74. The van der Waals surface area contributed by atoms with Gasteiger partial charge in [0.05, 0.1) is 5.60 Å². The van der Waals surface area contributed by atoms with Gasteiger partial charge in [0.1, 0.15) is 11.5 Å².